The molecule has 3 atom stereocenters. The highest BCUT2D eigenvalue weighted by Crippen LogP contribution is 2.55. The van der Waals surface area contributed by atoms with Gasteiger partial charge in [-0.1, -0.05) is 43.3 Å². The van der Waals surface area contributed by atoms with E-state index in [-0.39, 0.29) is 5.78 Å². The van der Waals surface area contributed by atoms with Gasteiger partial charge in [-0.25, -0.2) is 0 Å². The summed E-state index contributed by atoms with van der Waals surface area (Å²) < 4.78 is 21.6. The molecule has 1 N–H and O–H groups in total. The summed E-state index contributed by atoms with van der Waals surface area (Å²) in [6.07, 6.45) is 2.37. The van der Waals surface area contributed by atoms with Crippen molar-refractivity contribution in [2.75, 3.05) is 28.4 Å². The molecule has 0 heterocycles. The van der Waals surface area contributed by atoms with Crippen LogP contribution in [0.25, 0.3) is 5.57 Å². The molecular weight excluding hydrogens is 528 g/mol. The van der Waals surface area contributed by atoms with E-state index in [1.807, 2.05) is 78.9 Å². The molecule has 4 aromatic rings. The second-order valence-corrected chi connectivity index (χ2v) is 10.8. The van der Waals surface area contributed by atoms with E-state index in [9.17, 15) is 9.90 Å². The third kappa shape index (κ3) is 5.26. The summed E-state index contributed by atoms with van der Waals surface area (Å²) in [6.45, 7) is 2.06. The van der Waals surface area contributed by atoms with Crippen molar-refractivity contribution in [3.8, 4) is 23.0 Å². The van der Waals surface area contributed by atoms with Crippen LogP contribution >= 0.6 is 0 Å². The Morgan fingerprint density at radius 3 is 1.50 bits per heavy atom. The molecule has 6 heteroatoms. The van der Waals surface area contributed by atoms with Crippen molar-refractivity contribution >= 4 is 11.4 Å². The molecule has 6 nitrogen and oxygen atoms in total. The molecule has 0 spiro atoms. The van der Waals surface area contributed by atoms with Crippen molar-refractivity contribution in [2.24, 2.45) is 5.92 Å². The number of Topliss-reactive ketones (excluding diaryl/α,β-unsaturated/α-hetero) is 1. The Balaban J connectivity index is 1.76. The Labute approximate surface area is 247 Å². The predicted molar refractivity (Wildman–Crippen MR) is 164 cm³/mol. The fourth-order valence-corrected chi connectivity index (χ4v) is 6.13. The fraction of sp³-hybridized carbons (Fsp3) is 0.250. The van der Waals surface area contributed by atoms with Gasteiger partial charge in [-0.2, -0.15) is 0 Å². The normalized spacial score (nSPS) is 21.7. The van der Waals surface area contributed by atoms with Crippen molar-refractivity contribution < 1.29 is 28.8 Å². The van der Waals surface area contributed by atoms with Crippen molar-refractivity contribution in [1.29, 1.82) is 0 Å². The van der Waals surface area contributed by atoms with Crippen LogP contribution in [0.15, 0.2) is 103 Å². The average molecular weight is 565 g/mol. The number of ketones is 1. The highest BCUT2D eigenvalue weighted by atomic mass is 16.5. The summed E-state index contributed by atoms with van der Waals surface area (Å²) in [5.41, 5.74) is 1.40. The molecule has 0 radical (unpaired) electrons. The van der Waals surface area contributed by atoms with Gasteiger partial charge in [0.05, 0.1) is 34.4 Å². The SMILES string of the molecule is COc1ccc(C(=O)[C@@H]2[C@@](O)(c3ccc(OC)cc3)C=C(c3ccc(OC)cc3)C[C@]2(C)c2ccc(OC)cc2)cc1. The topological polar surface area (TPSA) is 74.2 Å². The summed E-state index contributed by atoms with van der Waals surface area (Å²) in [6, 6.07) is 29.9. The van der Waals surface area contributed by atoms with Crippen LogP contribution < -0.4 is 18.9 Å². The molecule has 216 valence electrons. The summed E-state index contributed by atoms with van der Waals surface area (Å²) in [7, 11) is 6.45. The molecule has 0 fully saturated rings. The van der Waals surface area contributed by atoms with Crippen LogP contribution in [0.3, 0.4) is 0 Å². The minimum atomic E-state index is -1.66. The number of carbonyl (C=O) groups excluding carboxylic acids is 1. The Hall–Kier alpha value is -4.55. The van der Waals surface area contributed by atoms with E-state index in [1.165, 1.54) is 0 Å². The van der Waals surface area contributed by atoms with Gasteiger partial charge >= 0.3 is 0 Å². The van der Waals surface area contributed by atoms with Gasteiger partial charge in [-0.3, -0.25) is 4.79 Å². The molecule has 1 aliphatic carbocycles. The summed E-state index contributed by atoms with van der Waals surface area (Å²) in [5.74, 6) is 1.73. The monoisotopic (exact) mass is 564 g/mol. The van der Waals surface area contributed by atoms with Crippen LogP contribution in [0.1, 0.15) is 40.4 Å². The van der Waals surface area contributed by atoms with Crippen molar-refractivity contribution in [2.45, 2.75) is 24.4 Å². The zero-order chi connectivity index (χ0) is 29.9. The number of ether oxygens (including phenoxy) is 4. The van der Waals surface area contributed by atoms with Crippen LogP contribution in [0.5, 0.6) is 23.0 Å². The van der Waals surface area contributed by atoms with Crippen LogP contribution in [-0.4, -0.2) is 39.3 Å². The lowest BCUT2D eigenvalue weighted by Crippen LogP contribution is -2.53. The molecule has 0 saturated heterocycles. The third-order valence-electron chi connectivity index (χ3n) is 8.43. The van der Waals surface area contributed by atoms with E-state index < -0.39 is 16.9 Å². The Kier molecular flexibility index (Phi) is 8.10. The molecule has 42 heavy (non-hydrogen) atoms. The number of hydrogen-bond donors (Lipinski definition) is 1. The second kappa shape index (κ2) is 11.7. The zero-order valence-corrected chi connectivity index (χ0v) is 24.6. The molecule has 1 aliphatic rings. The predicted octanol–water partition coefficient (Wildman–Crippen LogP) is 6.85. The van der Waals surface area contributed by atoms with Gasteiger partial charge in [0.15, 0.2) is 5.78 Å². The van der Waals surface area contributed by atoms with Gasteiger partial charge in [0.2, 0.25) is 0 Å². The van der Waals surface area contributed by atoms with Gasteiger partial charge in [0.1, 0.15) is 28.6 Å². The maximum Gasteiger partial charge on any atom is 0.170 e. The standard InChI is InChI=1S/C36H36O6/c1-35(27-10-18-31(41-4)19-11-27)22-26(24-6-14-29(39-2)15-7-24)23-36(38,28-12-20-32(42-5)21-13-28)34(35)33(37)25-8-16-30(40-3)17-9-25/h6-21,23,34,38H,22H2,1-5H3/t34-,35+,36-/m0/s1. The summed E-state index contributed by atoms with van der Waals surface area (Å²) >= 11 is 0. The molecule has 5 rings (SSSR count). The molecule has 0 saturated carbocycles. The van der Waals surface area contributed by atoms with E-state index in [0.717, 1.165) is 22.4 Å². The molecule has 4 aromatic carbocycles. The lowest BCUT2D eigenvalue weighted by Gasteiger charge is -2.49. The highest BCUT2D eigenvalue weighted by molar-refractivity contribution is 6.01. The van der Waals surface area contributed by atoms with Gasteiger partial charge in [0.25, 0.3) is 0 Å². The highest BCUT2D eigenvalue weighted by Gasteiger charge is 2.55. The van der Waals surface area contributed by atoms with Crippen LogP contribution in [-0.2, 0) is 11.0 Å². The first-order valence-corrected chi connectivity index (χ1v) is 13.8. The van der Waals surface area contributed by atoms with Crippen LogP contribution in [0.4, 0.5) is 0 Å². The fourth-order valence-electron chi connectivity index (χ4n) is 6.13. The van der Waals surface area contributed by atoms with Crippen LogP contribution in [0.2, 0.25) is 0 Å². The smallest absolute Gasteiger partial charge is 0.170 e. The van der Waals surface area contributed by atoms with Gasteiger partial charge in [-0.15, -0.1) is 0 Å². The second-order valence-electron chi connectivity index (χ2n) is 10.8. The van der Waals surface area contributed by atoms with E-state index in [2.05, 4.69) is 6.92 Å². The minimum absolute atomic E-state index is 0.167. The first-order chi connectivity index (χ1) is 20.2. The van der Waals surface area contributed by atoms with E-state index in [4.69, 9.17) is 18.9 Å². The molecular formula is C36H36O6. The van der Waals surface area contributed by atoms with Crippen molar-refractivity contribution in [3.63, 3.8) is 0 Å². The van der Waals surface area contributed by atoms with Crippen molar-refractivity contribution in [1.82, 2.24) is 0 Å². The van der Waals surface area contributed by atoms with Gasteiger partial charge < -0.3 is 24.1 Å². The first-order valence-electron chi connectivity index (χ1n) is 13.8. The maximum absolute atomic E-state index is 14.7. The molecule has 0 bridgehead atoms. The molecule has 0 aromatic heterocycles. The summed E-state index contributed by atoms with van der Waals surface area (Å²) in [4.78, 5) is 14.7. The minimum Gasteiger partial charge on any atom is -0.497 e. The largest absolute Gasteiger partial charge is 0.497 e. The Morgan fingerprint density at radius 2 is 1.05 bits per heavy atom. The number of aliphatic hydroxyl groups is 1. The molecule has 0 aliphatic heterocycles. The van der Waals surface area contributed by atoms with E-state index >= 15 is 0 Å². The maximum atomic E-state index is 14.7. The number of allylic oxidation sites excluding steroid dienone is 1. The van der Waals surface area contributed by atoms with Gasteiger partial charge in [-0.05, 0) is 95.4 Å². The summed E-state index contributed by atoms with van der Waals surface area (Å²) in [5, 5.41) is 12.9. The Morgan fingerprint density at radius 1 is 0.643 bits per heavy atom. The number of benzene rings is 4. The number of methoxy groups -OCH3 is 4. The Bertz CT molecular complexity index is 1560. The first kappa shape index (κ1) is 29.0. The van der Waals surface area contributed by atoms with Crippen LogP contribution in [0, 0.1) is 5.92 Å². The quantitative estimate of drug-likeness (QED) is 0.224. The number of carbonyl (C=O) groups is 1. The third-order valence-corrected chi connectivity index (χ3v) is 8.43. The number of hydrogen-bond acceptors (Lipinski definition) is 6. The zero-order valence-electron chi connectivity index (χ0n) is 24.6. The lowest BCUT2D eigenvalue weighted by atomic mass is 9.54. The van der Waals surface area contributed by atoms with Crippen molar-refractivity contribution in [3.05, 3.63) is 125 Å². The van der Waals surface area contributed by atoms with E-state index in [1.54, 1.807) is 52.7 Å². The molecule has 0 amide bonds. The number of rotatable bonds is 9. The van der Waals surface area contributed by atoms with E-state index in [0.29, 0.717) is 34.8 Å². The van der Waals surface area contributed by atoms with Gasteiger partial charge in [0, 0.05) is 11.0 Å². The molecule has 0 unspecified atom stereocenters. The lowest BCUT2D eigenvalue weighted by molar-refractivity contribution is -0.00848. The average Bonchev–Trinajstić information content (AvgIpc) is 3.04.